The molecular formula is C22H24N2O3. The van der Waals surface area contributed by atoms with Crippen LogP contribution in [0.3, 0.4) is 0 Å². The molecule has 1 aromatic carbocycles. The van der Waals surface area contributed by atoms with Crippen LogP contribution in [0, 0.1) is 12.8 Å². The van der Waals surface area contributed by atoms with Gasteiger partial charge in [-0.3, -0.25) is 9.78 Å². The molecule has 1 aromatic heterocycles. The van der Waals surface area contributed by atoms with Crippen molar-refractivity contribution >= 4 is 11.9 Å². The Morgan fingerprint density at radius 2 is 1.81 bits per heavy atom. The van der Waals surface area contributed by atoms with Crippen molar-refractivity contribution in [3.8, 4) is 0 Å². The Bertz CT molecular complexity index is 822. The molecule has 2 unspecified atom stereocenters. The fourth-order valence-corrected chi connectivity index (χ4v) is 4.42. The fourth-order valence-electron chi connectivity index (χ4n) is 4.42. The summed E-state index contributed by atoms with van der Waals surface area (Å²) in [4.78, 5) is 31.6. The number of piperidine rings is 1. The Morgan fingerprint density at radius 3 is 2.48 bits per heavy atom. The quantitative estimate of drug-likeness (QED) is 0.765. The SMILES string of the molecule is Cc1cc(C(=O)C2CC3CCC(C2)N3C(=O)OCc2ccccc2)ccn1. The Hall–Kier alpha value is -2.69. The van der Waals surface area contributed by atoms with Gasteiger partial charge in [-0.25, -0.2) is 4.79 Å². The van der Waals surface area contributed by atoms with E-state index in [1.165, 1.54) is 0 Å². The number of ketones is 1. The molecule has 0 radical (unpaired) electrons. The molecular weight excluding hydrogens is 340 g/mol. The van der Waals surface area contributed by atoms with Crippen molar-refractivity contribution in [3.63, 3.8) is 0 Å². The summed E-state index contributed by atoms with van der Waals surface area (Å²) >= 11 is 0. The topological polar surface area (TPSA) is 59.5 Å². The summed E-state index contributed by atoms with van der Waals surface area (Å²) in [5.74, 6) is 0.150. The number of hydrogen-bond donors (Lipinski definition) is 0. The minimum atomic E-state index is -0.253. The van der Waals surface area contributed by atoms with E-state index in [0.29, 0.717) is 0 Å². The Balaban J connectivity index is 1.40. The molecule has 2 bridgehead atoms. The zero-order chi connectivity index (χ0) is 18.8. The summed E-state index contributed by atoms with van der Waals surface area (Å²) in [5, 5.41) is 0. The monoisotopic (exact) mass is 364 g/mol. The summed E-state index contributed by atoms with van der Waals surface area (Å²) in [6, 6.07) is 13.6. The standard InChI is InChI=1S/C22H24N2O3/c1-15-11-17(9-10-23-15)21(25)18-12-19-7-8-20(13-18)24(19)22(26)27-14-16-5-3-2-4-6-16/h2-6,9-11,18-20H,7-8,12-14H2,1H3. The maximum absolute atomic E-state index is 12.9. The molecule has 2 aromatic rings. The van der Waals surface area contributed by atoms with E-state index in [0.717, 1.165) is 42.5 Å². The zero-order valence-corrected chi connectivity index (χ0v) is 15.5. The lowest BCUT2D eigenvalue weighted by Crippen LogP contribution is -2.48. The molecule has 2 fully saturated rings. The number of carbonyl (C=O) groups excluding carboxylic acids is 2. The van der Waals surface area contributed by atoms with E-state index in [2.05, 4.69) is 4.98 Å². The molecule has 140 valence electrons. The van der Waals surface area contributed by atoms with Crippen molar-refractivity contribution in [2.75, 3.05) is 0 Å². The highest BCUT2D eigenvalue weighted by Crippen LogP contribution is 2.40. The number of fused-ring (bicyclic) bond motifs is 2. The molecule has 0 aliphatic carbocycles. The molecule has 2 aliphatic rings. The van der Waals surface area contributed by atoms with E-state index in [1.807, 2.05) is 48.2 Å². The second kappa shape index (κ2) is 7.51. The Labute approximate surface area is 159 Å². The molecule has 1 amide bonds. The Morgan fingerprint density at radius 1 is 1.11 bits per heavy atom. The number of ether oxygens (including phenoxy) is 1. The van der Waals surface area contributed by atoms with Crippen LogP contribution < -0.4 is 0 Å². The van der Waals surface area contributed by atoms with E-state index in [-0.39, 0.29) is 36.5 Å². The highest BCUT2D eigenvalue weighted by Gasteiger charge is 2.45. The van der Waals surface area contributed by atoms with E-state index >= 15 is 0 Å². The molecule has 2 aliphatic heterocycles. The van der Waals surface area contributed by atoms with Gasteiger partial charge in [-0.2, -0.15) is 0 Å². The normalized spacial score (nSPS) is 23.9. The maximum Gasteiger partial charge on any atom is 0.410 e. The average Bonchev–Trinajstić information content (AvgIpc) is 2.96. The number of amides is 1. The first-order valence-electron chi connectivity index (χ1n) is 9.57. The Kier molecular flexibility index (Phi) is 4.92. The third kappa shape index (κ3) is 3.72. The number of aryl methyl sites for hydroxylation is 1. The maximum atomic E-state index is 12.9. The molecule has 3 heterocycles. The fraction of sp³-hybridized carbons (Fsp3) is 0.409. The lowest BCUT2D eigenvalue weighted by atomic mass is 9.85. The van der Waals surface area contributed by atoms with Crippen molar-refractivity contribution in [2.24, 2.45) is 5.92 Å². The summed E-state index contributed by atoms with van der Waals surface area (Å²) in [7, 11) is 0. The molecule has 0 spiro atoms. The van der Waals surface area contributed by atoms with Crippen LogP contribution in [0.5, 0.6) is 0 Å². The van der Waals surface area contributed by atoms with Crippen LogP contribution in [0.4, 0.5) is 4.79 Å². The average molecular weight is 364 g/mol. The third-order valence-corrected chi connectivity index (χ3v) is 5.70. The number of aromatic nitrogens is 1. The van der Waals surface area contributed by atoms with E-state index in [9.17, 15) is 9.59 Å². The number of rotatable bonds is 4. The highest BCUT2D eigenvalue weighted by atomic mass is 16.6. The molecule has 5 nitrogen and oxygen atoms in total. The van der Waals surface area contributed by atoms with Gasteiger partial charge in [0.2, 0.25) is 0 Å². The largest absolute Gasteiger partial charge is 0.445 e. The molecule has 4 rings (SSSR count). The number of pyridine rings is 1. The first-order chi connectivity index (χ1) is 13.1. The van der Waals surface area contributed by atoms with Gasteiger partial charge in [0.1, 0.15) is 6.61 Å². The molecule has 0 saturated carbocycles. The van der Waals surface area contributed by atoms with Crippen LogP contribution >= 0.6 is 0 Å². The van der Waals surface area contributed by atoms with Crippen LogP contribution in [0.1, 0.15) is 47.3 Å². The van der Waals surface area contributed by atoms with Crippen molar-refractivity contribution in [2.45, 2.75) is 51.3 Å². The van der Waals surface area contributed by atoms with Gasteiger partial charge >= 0.3 is 6.09 Å². The van der Waals surface area contributed by atoms with Gasteiger partial charge in [0.05, 0.1) is 0 Å². The van der Waals surface area contributed by atoms with Crippen LogP contribution in [0.25, 0.3) is 0 Å². The molecule has 2 saturated heterocycles. The van der Waals surface area contributed by atoms with Crippen LogP contribution in [0.15, 0.2) is 48.7 Å². The molecule has 27 heavy (non-hydrogen) atoms. The van der Waals surface area contributed by atoms with Crippen LogP contribution in [-0.2, 0) is 11.3 Å². The first-order valence-corrected chi connectivity index (χ1v) is 9.57. The van der Waals surface area contributed by atoms with E-state index < -0.39 is 0 Å². The molecule has 2 atom stereocenters. The van der Waals surface area contributed by atoms with Crippen molar-refractivity contribution in [1.82, 2.24) is 9.88 Å². The van der Waals surface area contributed by atoms with Crippen molar-refractivity contribution in [1.29, 1.82) is 0 Å². The summed E-state index contributed by atoms with van der Waals surface area (Å²) in [6.07, 6.45) is 4.77. The van der Waals surface area contributed by atoms with Crippen LogP contribution in [0.2, 0.25) is 0 Å². The summed E-state index contributed by atoms with van der Waals surface area (Å²) < 4.78 is 5.54. The summed E-state index contributed by atoms with van der Waals surface area (Å²) in [6.45, 7) is 2.18. The van der Waals surface area contributed by atoms with Crippen molar-refractivity contribution in [3.05, 3.63) is 65.5 Å². The second-order valence-electron chi connectivity index (χ2n) is 7.55. The number of nitrogens with zero attached hydrogens (tertiary/aromatic N) is 2. The molecule has 0 N–H and O–H groups in total. The smallest absolute Gasteiger partial charge is 0.410 e. The van der Waals surface area contributed by atoms with Crippen LogP contribution in [-0.4, -0.2) is 33.8 Å². The van der Waals surface area contributed by atoms with E-state index in [1.54, 1.807) is 12.3 Å². The lowest BCUT2D eigenvalue weighted by molar-refractivity contribution is 0.0485. The zero-order valence-electron chi connectivity index (χ0n) is 15.5. The van der Waals surface area contributed by atoms with Gasteiger partial charge in [-0.15, -0.1) is 0 Å². The number of hydrogen-bond acceptors (Lipinski definition) is 4. The minimum absolute atomic E-state index is 0.0255. The third-order valence-electron chi connectivity index (χ3n) is 5.70. The van der Waals surface area contributed by atoms with E-state index in [4.69, 9.17) is 4.74 Å². The van der Waals surface area contributed by atoms with Gasteiger partial charge in [-0.1, -0.05) is 30.3 Å². The van der Waals surface area contributed by atoms with Gasteiger partial charge in [0.15, 0.2) is 5.78 Å². The first kappa shape index (κ1) is 17.7. The van der Waals surface area contributed by atoms with Gasteiger partial charge in [-0.05, 0) is 50.3 Å². The second-order valence-corrected chi connectivity index (χ2v) is 7.55. The lowest BCUT2D eigenvalue weighted by Gasteiger charge is -2.37. The molecule has 5 heteroatoms. The van der Waals surface area contributed by atoms with Gasteiger partial charge in [0, 0.05) is 35.5 Å². The van der Waals surface area contributed by atoms with Crippen molar-refractivity contribution < 1.29 is 14.3 Å². The minimum Gasteiger partial charge on any atom is -0.445 e. The number of carbonyl (C=O) groups is 2. The van der Waals surface area contributed by atoms with Gasteiger partial charge in [0.25, 0.3) is 0 Å². The van der Waals surface area contributed by atoms with Gasteiger partial charge < -0.3 is 9.64 Å². The predicted molar refractivity (Wildman–Crippen MR) is 101 cm³/mol. The number of Topliss-reactive ketones (excluding diaryl/α,β-unsaturated/α-hetero) is 1. The highest BCUT2D eigenvalue weighted by molar-refractivity contribution is 5.98. The predicted octanol–water partition coefficient (Wildman–Crippen LogP) is 4.15. The summed E-state index contributed by atoms with van der Waals surface area (Å²) in [5.41, 5.74) is 2.56. The number of benzene rings is 1.